The van der Waals surface area contributed by atoms with E-state index in [0.29, 0.717) is 5.75 Å². The Morgan fingerprint density at radius 1 is 1.06 bits per heavy atom. The summed E-state index contributed by atoms with van der Waals surface area (Å²) < 4.78 is 29.9. The lowest BCUT2D eigenvalue weighted by atomic mass is 9.95. The zero-order valence-corrected chi connectivity index (χ0v) is 17.5. The van der Waals surface area contributed by atoms with Crippen LogP contribution in [0.1, 0.15) is 18.8 Å². The number of ether oxygens (including phenoxy) is 5. The van der Waals surface area contributed by atoms with Gasteiger partial charge in [0.2, 0.25) is 12.2 Å². The lowest BCUT2D eigenvalue weighted by Crippen LogP contribution is -2.68. The SMILES string of the molecule is CC(=O)N[C@@H]1[C@H](Oc2ccccc2)O[C@@H]2CO[C@@H](c3ccccc3)O[C@@H]2[C@@H]1OCC(=O)O. The number of amides is 1. The van der Waals surface area contributed by atoms with E-state index in [4.69, 9.17) is 23.7 Å². The van der Waals surface area contributed by atoms with Crippen molar-refractivity contribution in [1.82, 2.24) is 5.32 Å². The summed E-state index contributed by atoms with van der Waals surface area (Å²) in [5.74, 6) is -0.945. The molecule has 2 aliphatic heterocycles. The zero-order chi connectivity index (χ0) is 22.5. The van der Waals surface area contributed by atoms with Gasteiger partial charge in [0.05, 0.1) is 6.61 Å². The van der Waals surface area contributed by atoms with Crippen molar-refractivity contribution in [3.63, 3.8) is 0 Å². The van der Waals surface area contributed by atoms with Gasteiger partial charge in [-0.15, -0.1) is 0 Å². The summed E-state index contributed by atoms with van der Waals surface area (Å²) in [6, 6.07) is 17.5. The molecule has 4 rings (SSSR count). The second-order valence-corrected chi connectivity index (χ2v) is 7.55. The zero-order valence-electron chi connectivity index (χ0n) is 17.5. The van der Waals surface area contributed by atoms with Crippen LogP contribution in [0.5, 0.6) is 5.75 Å². The number of carbonyl (C=O) groups is 2. The maximum atomic E-state index is 12.0. The molecule has 2 aliphatic rings. The number of nitrogens with one attached hydrogen (secondary N) is 1. The summed E-state index contributed by atoms with van der Waals surface area (Å²) in [6.07, 6.45) is -3.76. The van der Waals surface area contributed by atoms with Crippen LogP contribution in [0.3, 0.4) is 0 Å². The highest BCUT2D eigenvalue weighted by Gasteiger charge is 2.52. The van der Waals surface area contributed by atoms with Crippen LogP contribution < -0.4 is 10.1 Å². The minimum atomic E-state index is -1.14. The number of benzene rings is 2. The van der Waals surface area contributed by atoms with Gasteiger partial charge in [-0.25, -0.2) is 4.79 Å². The topological polar surface area (TPSA) is 113 Å². The largest absolute Gasteiger partial charge is 0.480 e. The standard InChI is InChI=1S/C23H25NO8/c1-14(25)24-19-21(28-13-18(26)27)20-17(31-23(19)30-16-10-6-3-7-11-16)12-29-22(32-20)15-8-4-2-5-9-15/h2-11,17,19-23H,12-13H2,1H3,(H,24,25)(H,26,27)/t17-,19+,20+,21-,22-,23-/m1/s1. The number of fused-ring (bicyclic) bond motifs is 1. The van der Waals surface area contributed by atoms with Crippen LogP contribution >= 0.6 is 0 Å². The lowest BCUT2D eigenvalue weighted by molar-refractivity contribution is -0.337. The average molecular weight is 443 g/mol. The van der Waals surface area contributed by atoms with Crippen molar-refractivity contribution < 1.29 is 38.4 Å². The Morgan fingerprint density at radius 3 is 2.41 bits per heavy atom. The van der Waals surface area contributed by atoms with Gasteiger partial charge in [0.25, 0.3) is 0 Å². The Hall–Kier alpha value is -2.98. The second-order valence-electron chi connectivity index (χ2n) is 7.55. The van der Waals surface area contributed by atoms with Gasteiger partial charge in [-0.3, -0.25) is 4.79 Å². The Balaban J connectivity index is 1.61. The molecule has 2 N–H and O–H groups in total. The van der Waals surface area contributed by atoms with Crippen molar-refractivity contribution in [3.8, 4) is 5.75 Å². The van der Waals surface area contributed by atoms with E-state index < -0.39 is 49.5 Å². The molecule has 0 bridgehead atoms. The molecule has 2 aromatic carbocycles. The quantitative estimate of drug-likeness (QED) is 0.667. The first-order valence-electron chi connectivity index (χ1n) is 10.3. The molecule has 170 valence electrons. The highest BCUT2D eigenvalue weighted by atomic mass is 16.8. The van der Waals surface area contributed by atoms with Crippen LogP contribution in [0.4, 0.5) is 0 Å². The van der Waals surface area contributed by atoms with Crippen LogP contribution in [0, 0.1) is 0 Å². The predicted molar refractivity (Wildman–Crippen MR) is 111 cm³/mol. The van der Waals surface area contributed by atoms with Crippen LogP contribution in [-0.2, 0) is 28.5 Å². The Kier molecular flexibility index (Phi) is 7.01. The number of rotatable bonds is 7. The predicted octanol–water partition coefficient (Wildman–Crippen LogP) is 1.88. The lowest BCUT2D eigenvalue weighted by Gasteiger charge is -2.49. The molecule has 6 atom stereocenters. The van der Waals surface area contributed by atoms with E-state index in [9.17, 15) is 14.7 Å². The number of hydrogen-bond acceptors (Lipinski definition) is 7. The molecule has 2 aromatic rings. The summed E-state index contributed by atoms with van der Waals surface area (Å²) >= 11 is 0. The summed E-state index contributed by atoms with van der Waals surface area (Å²) in [7, 11) is 0. The monoisotopic (exact) mass is 443 g/mol. The normalized spacial score (nSPS) is 29.5. The third kappa shape index (κ3) is 5.25. The first-order chi connectivity index (χ1) is 15.5. The molecule has 1 amide bonds. The molecule has 0 radical (unpaired) electrons. The molecule has 0 aliphatic carbocycles. The number of hydrogen-bond donors (Lipinski definition) is 2. The fourth-order valence-electron chi connectivity index (χ4n) is 3.84. The molecule has 9 heteroatoms. The maximum Gasteiger partial charge on any atom is 0.329 e. The third-order valence-corrected chi connectivity index (χ3v) is 5.18. The maximum absolute atomic E-state index is 12.0. The van der Waals surface area contributed by atoms with E-state index in [1.54, 1.807) is 12.1 Å². The highest BCUT2D eigenvalue weighted by Crippen LogP contribution is 2.36. The summed E-state index contributed by atoms with van der Waals surface area (Å²) in [5.41, 5.74) is 0.807. The number of carboxylic acid groups (broad SMARTS) is 1. The summed E-state index contributed by atoms with van der Waals surface area (Å²) in [6.45, 7) is 0.971. The Morgan fingerprint density at radius 2 is 1.75 bits per heavy atom. The molecule has 32 heavy (non-hydrogen) atoms. The van der Waals surface area contributed by atoms with E-state index in [1.165, 1.54) is 6.92 Å². The fourth-order valence-corrected chi connectivity index (χ4v) is 3.84. The van der Waals surface area contributed by atoms with Gasteiger partial charge in [-0.05, 0) is 12.1 Å². The molecule has 0 spiro atoms. The summed E-state index contributed by atoms with van der Waals surface area (Å²) in [5, 5.41) is 12.0. The Bertz CT molecular complexity index is 909. The van der Waals surface area contributed by atoms with E-state index in [1.807, 2.05) is 48.5 Å². The molecular formula is C23H25NO8. The van der Waals surface area contributed by atoms with Gasteiger partial charge >= 0.3 is 5.97 Å². The van der Waals surface area contributed by atoms with E-state index in [0.717, 1.165) is 5.56 Å². The minimum Gasteiger partial charge on any atom is -0.480 e. The van der Waals surface area contributed by atoms with E-state index >= 15 is 0 Å². The minimum absolute atomic E-state index is 0.179. The van der Waals surface area contributed by atoms with Crippen LogP contribution in [0.2, 0.25) is 0 Å². The fraction of sp³-hybridized carbons (Fsp3) is 0.391. The van der Waals surface area contributed by atoms with Crippen molar-refractivity contribution >= 4 is 11.9 Å². The third-order valence-electron chi connectivity index (χ3n) is 5.18. The van der Waals surface area contributed by atoms with Gasteiger partial charge in [-0.1, -0.05) is 48.5 Å². The van der Waals surface area contributed by atoms with E-state index in [-0.39, 0.29) is 12.5 Å². The van der Waals surface area contributed by atoms with Crippen LogP contribution in [0.15, 0.2) is 60.7 Å². The van der Waals surface area contributed by atoms with Crippen molar-refractivity contribution in [2.24, 2.45) is 0 Å². The smallest absolute Gasteiger partial charge is 0.329 e. The second kappa shape index (κ2) is 10.1. The number of carbonyl (C=O) groups excluding carboxylic acids is 1. The first kappa shape index (κ1) is 22.2. The average Bonchev–Trinajstić information content (AvgIpc) is 2.79. The number of carboxylic acids is 1. The van der Waals surface area contributed by atoms with Gasteiger partial charge in [0.15, 0.2) is 6.29 Å². The first-order valence-corrected chi connectivity index (χ1v) is 10.3. The number of aliphatic carboxylic acids is 1. The molecular weight excluding hydrogens is 418 g/mol. The molecule has 0 unspecified atom stereocenters. The molecule has 9 nitrogen and oxygen atoms in total. The van der Waals surface area contributed by atoms with Gasteiger partial charge in [0.1, 0.15) is 36.7 Å². The van der Waals surface area contributed by atoms with Crippen LogP contribution in [-0.4, -0.2) is 60.8 Å². The van der Waals surface area contributed by atoms with Gasteiger partial charge in [0, 0.05) is 12.5 Å². The molecule has 0 saturated carbocycles. The molecule has 2 heterocycles. The molecule has 2 fully saturated rings. The number of para-hydroxylation sites is 1. The van der Waals surface area contributed by atoms with Crippen molar-refractivity contribution in [2.75, 3.05) is 13.2 Å². The summed E-state index contributed by atoms with van der Waals surface area (Å²) in [4.78, 5) is 23.2. The highest BCUT2D eigenvalue weighted by molar-refractivity contribution is 5.73. The van der Waals surface area contributed by atoms with Crippen molar-refractivity contribution in [3.05, 3.63) is 66.2 Å². The van der Waals surface area contributed by atoms with Crippen LogP contribution in [0.25, 0.3) is 0 Å². The molecule has 2 saturated heterocycles. The van der Waals surface area contributed by atoms with Crippen molar-refractivity contribution in [2.45, 2.75) is 43.9 Å². The van der Waals surface area contributed by atoms with E-state index in [2.05, 4.69) is 5.32 Å². The van der Waals surface area contributed by atoms with Crippen molar-refractivity contribution in [1.29, 1.82) is 0 Å². The molecule has 0 aromatic heterocycles. The Labute approximate surface area is 185 Å². The van der Waals surface area contributed by atoms with Gasteiger partial charge in [-0.2, -0.15) is 0 Å². The van der Waals surface area contributed by atoms with Gasteiger partial charge < -0.3 is 34.1 Å².